The molecule has 1 amide bonds. The Bertz CT molecular complexity index is 893. The molecule has 5 heteroatoms. The number of hydrogen-bond donors (Lipinski definition) is 0. The molecule has 25 heavy (non-hydrogen) atoms. The van der Waals surface area contributed by atoms with Gasteiger partial charge in [0, 0.05) is 31.1 Å². The molecule has 0 aliphatic carbocycles. The summed E-state index contributed by atoms with van der Waals surface area (Å²) >= 11 is 0. The van der Waals surface area contributed by atoms with Crippen LogP contribution in [0.1, 0.15) is 41.9 Å². The Morgan fingerprint density at radius 3 is 2.64 bits per heavy atom. The van der Waals surface area contributed by atoms with Crippen LogP contribution in [0.5, 0.6) is 0 Å². The monoisotopic (exact) mass is 334 g/mol. The van der Waals surface area contributed by atoms with Crippen molar-refractivity contribution in [2.45, 2.75) is 32.2 Å². The highest BCUT2D eigenvalue weighted by molar-refractivity contribution is 5.98. The SMILES string of the molecule is CCn1cnnc1C1CCN(C(=O)c2ccc3ccccc3c2)CC1. The molecule has 2 heterocycles. The third kappa shape index (κ3) is 3.02. The van der Waals surface area contributed by atoms with E-state index in [0.29, 0.717) is 5.92 Å². The normalized spacial score (nSPS) is 15.6. The summed E-state index contributed by atoms with van der Waals surface area (Å²) in [6.07, 6.45) is 3.68. The molecule has 0 spiro atoms. The number of piperidine rings is 1. The minimum Gasteiger partial charge on any atom is -0.339 e. The van der Waals surface area contributed by atoms with Gasteiger partial charge in [0.2, 0.25) is 0 Å². The van der Waals surface area contributed by atoms with Crippen LogP contribution < -0.4 is 0 Å². The van der Waals surface area contributed by atoms with E-state index >= 15 is 0 Å². The van der Waals surface area contributed by atoms with Gasteiger partial charge in [-0.15, -0.1) is 10.2 Å². The summed E-state index contributed by atoms with van der Waals surface area (Å²) in [5, 5.41) is 10.6. The average molecular weight is 334 g/mol. The maximum Gasteiger partial charge on any atom is 0.253 e. The zero-order valence-electron chi connectivity index (χ0n) is 14.4. The van der Waals surface area contributed by atoms with E-state index in [-0.39, 0.29) is 5.91 Å². The maximum atomic E-state index is 12.9. The van der Waals surface area contributed by atoms with Gasteiger partial charge < -0.3 is 9.47 Å². The number of aryl methyl sites for hydroxylation is 1. The van der Waals surface area contributed by atoms with E-state index < -0.39 is 0 Å². The van der Waals surface area contributed by atoms with Crippen molar-refractivity contribution < 1.29 is 4.79 Å². The van der Waals surface area contributed by atoms with Gasteiger partial charge in [0.15, 0.2) is 0 Å². The number of aromatic nitrogens is 3. The first-order valence-electron chi connectivity index (χ1n) is 8.92. The maximum absolute atomic E-state index is 12.9. The first-order chi connectivity index (χ1) is 12.3. The van der Waals surface area contributed by atoms with Crippen LogP contribution in [-0.2, 0) is 6.54 Å². The van der Waals surface area contributed by atoms with Crippen molar-refractivity contribution in [1.82, 2.24) is 19.7 Å². The van der Waals surface area contributed by atoms with Gasteiger partial charge in [0.1, 0.15) is 12.2 Å². The third-order valence-electron chi connectivity index (χ3n) is 5.13. The molecule has 1 aromatic heterocycles. The Labute approximate surface area is 147 Å². The first kappa shape index (κ1) is 15.8. The number of nitrogens with zero attached hydrogens (tertiary/aromatic N) is 4. The molecule has 0 saturated carbocycles. The zero-order chi connectivity index (χ0) is 17.2. The molecule has 0 unspecified atom stereocenters. The molecule has 128 valence electrons. The van der Waals surface area contributed by atoms with E-state index in [1.54, 1.807) is 6.33 Å². The lowest BCUT2D eigenvalue weighted by Gasteiger charge is -2.31. The number of fused-ring (bicyclic) bond motifs is 1. The first-order valence-corrected chi connectivity index (χ1v) is 8.92. The van der Waals surface area contributed by atoms with Crippen LogP contribution in [0.2, 0.25) is 0 Å². The second kappa shape index (κ2) is 6.67. The van der Waals surface area contributed by atoms with E-state index in [9.17, 15) is 4.79 Å². The Morgan fingerprint density at radius 2 is 1.88 bits per heavy atom. The minimum absolute atomic E-state index is 0.126. The van der Waals surface area contributed by atoms with Crippen LogP contribution in [0.15, 0.2) is 48.8 Å². The predicted octanol–water partition coefficient (Wildman–Crippen LogP) is 3.47. The van der Waals surface area contributed by atoms with Crippen molar-refractivity contribution in [3.63, 3.8) is 0 Å². The van der Waals surface area contributed by atoms with E-state index in [4.69, 9.17) is 0 Å². The second-order valence-electron chi connectivity index (χ2n) is 6.60. The van der Waals surface area contributed by atoms with Crippen molar-refractivity contribution in [2.24, 2.45) is 0 Å². The highest BCUT2D eigenvalue weighted by Gasteiger charge is 2.27. The number of amides is 1. The fourth-order valence-corrected chi connectivity index (χ4v) is 3.67. The Morgan fingerprint density at radius 1 is 1.12 bits per heavy atom. The molecule has 5 nitrogen and oxygen atoms in total. The number of benzene rings is 2. The molecule has 2 aromatic carbocycles. The van der Waals surface area contributed by atoms with E-state index in [2.05, 4.69) is 33.8 Å². The van der Waals surface area contributed by atoms with E-state index in [1.807, 2.05) is 35.2 Å². The topological polar surface area (TPSA) is 51.0 Å². The zero-order valence-corrected chi connectivity index (χ0v) is 14.4. The van der Waals surface area contributed by atoms with Crippen LogP contribution in [-0.4, -0.2) is 38.7 Å². The van der Waals surface area contributed by atoms with Gasteiger partial charge >= 0.3 is 0 Å². The third-order valence-corrected chi connectivity index (χ3v) is 5.13. The molecule has 1 aliphatic rings. The number of hydrogen-bond acceptors (Lipinski definition) is 3. The number of rotatable bonds is 3. The molecule has 0 bridgehead atoms. The Balaban J connectivity index is 1.47. The molecule has 4 rings (SSSR count). The van der Waals surface area contributed by atoms with Crippen molar-refractivity contribution >= 4 is 16.7 Å². The predicted molar refractivity (Wildman–Crippen MR) is 97.5 cm³/mol. The van der Waals surface area contributed by atoms with Crippen LogP contribution >= 0.6 is 0 Å². The van der Waals surface area contributed by atoms with Crippen molar-refractivity contribution in [1.29, 1.82) is 0 Å². The molecule has 3 aromatic rings. The van der Waals surface area contributed by atoms with Crippen molar-refractivity contribution in [3.8, 4) is 0 Å². The molecular weight excluding hydrogens is 312 g/mol. The summed E-state index contributed by atoms with van der Waals surface area (Å²) in [4.78, 5) is 14.8. The van der Waals surface area contributed by atoms with E-state index in [1.165, 1.54) is 0 Å². The van der Waals surface area contributed by atoms with Gasteiger partial charge in [0.05, 0.1) is 0 Å². The lowest BCUT2D eigenvalue weighted by atomic mass is 9.95. The average Bonchev–Trinajstić information content (AvgIpc) is 3.16. The summed E-state index contributed by atoms with van der Waals surface area (Å²) in [6, 6.07) is 14.1. The fourth-order valence-electron chi connectivity index (χ4n) is 3.67. The molecule has 1 aliphatic heterocycles. The van der Waals surface area contributed by atoms with Gasteiger partial charge in [0.25, 0.3) is 5.91 Å². The quantitative estimate of drug-likeness (QED) is 0.737. The number of likely N-dealkylation sites (tertiary alicyclic amines) is 1. The largest absolute Gasteiger partial charge is 0.339 e. The molecule has 0 atom stereocenters. The summed E-state index contributed by atoms with van der Waals surface area (Å²) in [5.74, 6) is 1.57. The van der Waals surface area contributed by atoms with Gasteiger partial charge in [-0.25, -0.2) is 0 Å². The Hall–Kier alpha value is -2.69. The minimum atomic E-state index is 0.126. The fraction of sp³-hybridized carbons (Fsp3) is 0.350. The van der Waals surface area contributed by atoms with E-state index in [0.717, 1.165) is 54.6 Å². The summed E-state index contributed by atoms with van der Waals surface area (Å²) in [6.45, 7) is 4.53. The van der Waals surface area contributed by atoms with Crippen LogP contribution in [0.25, 0.3) is 10.8 Å². The summed E-state index contributed by atoms with van der Waals surface area (Å²) in [5.41, 5.74) is 0.772. The molecule has 1 fully saturated rings. The number of carbonyl (C=O) groups is 1. The summed E-state index contributed by atoms with van der Waals surface area (Å²) < 4.78 is 2.10. The molecule has 0 N–H and O–H groups in total. The molecular formula is C20H22N4O. The lowest BCUT2D eigenvalue weighted by molar-refractivity contribution is 0.0710. The highest BCUT2D eigenvalue weighted by atomic mass is 16.2. The van der Waals surface area contributed by atoms with Gasteiger partial charge in [-0.3, -0.25) is 4.79 Å². The van der Waals surface area contributed by atoms with Gasteiger partial charge in [-0.05, 0) is 42.7 Å². The van der Waals surface area contributed by atoms with Crippen molar-refractivity contribution in [2.75, 3.05) is 13.1 Å². The van der Waals surface area contributed by atoms with Gasteiger partial charge in [-0.1, -0.05) is 30.3 Å². The highest BCUT2D eigenvalue weighted by Crippen LogP contribution is 2.27. The number of carbonyl (C=O) groups excluding carboxylic acids is 1. The smallest absolute Gasteiger partial charge is 0.253 e. The summed E-state index contributed by atoms with van der Waals surface area (Å²) in [7, 11) is 0. The van der Waals surface area contributed by atoms with Crippen LogP contribution in [0, 0.1) is 0 Å². The lowest BCUT2D eigenvalue weighted by Crippen LogP contribution is -2.38. The Kier molecular flexibility index (Phi) is 4.22. The second-order valence-corrected chi connectivity index (χ2v) is 6.60. The molecule has 1 saturated heterocycles. The van der Waals surface area contributed by atoms with Crippen molar-refractivity contribution in [3.05, 3.63) is 60.2 Å². The van der Waals surface area contributed by atoms with Crippen LogP contribution in [0.4, 0.5) is 0 Å². The molecule has 0 radical (unpaired) electrons. The standard InChI is InChI=1S/C20H22N4O/c1-2-23-14-21-22-19(23)16-9-11-24(12-10-16)20(25)18-8-7-15-5-3-4-6-17(15)13-18/h3-8,13-14,16H,2,9-12H2,1H3. The van der Waals surface area contributed by atoms with Crippen LogP contribution in [0.3, 0.4) is 0 Å². The van der Waals surface area contributed by atoms with Gasteiger partial charge in [-0.2, -0.15) is 0 Å².